The molecule has 0 amide bonds. The summed E-state index contributed by atoms with van der Waals surface area (Å²) >= 11 is 0. The lowest BCUT2D eigenvalue weighted by atomic mass is 9.78. The minimum atomic E-state index is 1.14. The molecule has 0 aromatic heterocycles. The molecule has 8 aromatic rings. The normalized spacial score (nSPS) is 11.5. The standard InChI is InChI=1S/C46H34N2/c1-31-18-19-32(2)46(24-31)48(39-16-10-5-11-17-39)41-23-21-34-28-43-44-29-35-25-40(22-20-33(35)27-42(44)45(43)30-36(34)26-41)47(37-12-6-3-7-13-37)38-14-8-4-9-15-38/h3-30H,1-2H3. The second kappa shape index (κ2) is 11.3. The highest BCUT2D eigenvalue weighted by atomic mass is 15.1. The molecule has 9 rings (SSSR count). The maximum absolute atomic E-state index is 2.38. The van der Waals surface area contributed by atoms with Crippen molar-refractivity contribution < 1.29 is 0 Å². The topological polar surface area (TPSA) is 6.48 Å². The van der Waals surface area contributed by atoms with Crippen molar-refractivity contribution in [1.29, 1.82) is 0 Å². The lowest BCUT2D eigenvalue weighted by Gasteiger charge is -2.29. The average molecular weight is 615 g/mol. The highest BCUT2D eigenvalue weighted by Crippen LogP contribution is 2.51. The Kier molecular flexibility index (Phi) is 6.62. The van der Waals surface area contributed by atoms with E-state index in [0.29, 0.717) is 0 Å². The van der Waals surface area contributed by atoms with Crippen LogP contribution in [0, 0.1) is 13.8 Å². The zero-order valence-electron chi connectivity index (χ0n) is 27.1. The number of hydrogen-bond donors (Lipinski definition) is 0. The monoisotopic (exact) mass is 614 g/mol. The molecule has 0 atom stereocenters. The van der Waals surface area contributed by atoms with E-state index in [4.69, 9.17) is 0 Å². The van der Waals surface area contributed by atoms with E-state index in [2.05, 4.69) is 194 Å². The van der Waals surface area contributed by atoms with E-state index in [-0.39, 0.29) is 0 Å². The fourth-order valence-electron chi connectivity index (χ4n) is 7.24. The molecule has 0 fully saturated rings. The van der Waals surface area contributed by atoms with Gasteiger partial charge in [-0.25, -0.2) is 0 Å². The maximum Gasteiger partial charge on any atom is 0.0493 e. The Hall–Kier alpha value is -6.12. The number of anilines is 6. The van der Waals surface area contributed by atoms with Gasteiger partial charge in [-0.15, -0.1) is 0 Å². The molecule has 0 heterocycles. The van der Waals surface area contributed by atoms with Gasteiger partial charge in [0.15, 0.2) is 0 Å². The Morgan fingerprint density at radius 2 is 0.729 bits per heavy atom. The summed E-state index contributed by atoms with van der Waals surface area (Å²) in [5, 5.41) is 5.00. The molecular formula is C46H34N2. The van der Waals surface area contributed by atoms with E-state index >= 15 is 0 Å². The van der Waals surface area contributed by atoms with E-state index in [9.17, 15) is 0 Å². The molecule has 0 radical (unpaired) electrons. The predicted molar refractivity (Wildman–Crippen MR) is 205 cm³/mol. The van der Waals surface area contributed by atoms with Gasteiger partial charge in [-0.05, 0) is 160 Å². The first-order valence-electron chi connectivity index (χ1n) is 16.6. The van der Waals surface area contributed by atoms with Gasteiger partial charge in [0, 0.05) is 34.1 Å². The van der Waals surface area contributed by atoms with Crippen LogP contribution in [0.3, 0.4) is 0 Å². The van der Waals surface area contributed by atoms with Gasteiger partial charge in [-0.1, -0.05) is 78.9 Å². The van der Waals surface area contributed by atoms with Gasteiger partial charge >= 0.3 is 0 Å². The lowest BCUT2D eigenvalue weighted by molar-refractivity contribution is 1.24. The maximum atomic E-state index is 2.38. The zero-order valence-corrected chi connectivity index (χ0v) is 27.1. The van der Waals surface area contributed by atoms with Gasteiger partial charge < -0.3 is 9.80 Å². The molecule has 2 nitrogen and oxygen atoms in total. The predicted octanol–water partition coefficient (Wildman–Crippen LogP) is 13.2. The van der Waals surface area contributed by atoms with E-state index in [1.165, 1.54) is 60.6 Å². The summed E-state index contributed by atoms with van der Waals surface area (Å²) in [7, 11) is 0. The zero-order chi connectivity index (χ0) is 32.2. The third kappa shape index (κ3) is 4.73. The Labute approximate surface area is 281 Å². The van der Waals surface area contributed by atoms with Crippen molar-refractivity contribution in [2.75, 3.05) is 9.80 Å². The largest absolute Gasteiger partial charge is 0.310 e. The van der Waals surface area contributed by atoms with Crippen LogP contribution in [0.15, 0.2) is 170 Å². The molecule has 0 unspecified atom stereocenters. The molecule has 0 saturated carbocycles. The molecule has 1 aliphatic rings. The van der Waals surface area contributed by atoms with E-state index in [1.54, 1.807) is 0 Å². The third-order valence-electron chi connectivity index (χ3n) is 9.67. The molecule has 0 saturated heterocycles. The van der Waals surface area contributed by atoms with E-state index in [0.717, 1.165) is 28.4 Å². The van der Waals surface area contributed by atoms with Crippen LogP contribution in [0.2, 0.25) is 0 Å². The third-order valence-corrected chi connectivity index (χ3v) is 9.67. The quantitative estimate of drug-likeness (QED) is 0.184. The molecule has 8 aromatic carbocycles. The van der Waals surface area contributed by atoms with Crippen molar-refractivity contribution in [3.8, 4) is 22.3 Å². The number of benzene rings is 8. The second-order valence-corrected chi connectivity index (χ2v) is 12.8. The molecule has 228 valence electrons. The van der Waals surface area contributed by atoms with Crippen molar-refractivity contribution in [3.63, 3.8) is 0 Å². The fraction of sp³-hybridized carbons (Fsp3) is 0.0435. The molecular weight excluding hydrogens is 581 g/mol. The summed E-state index contributed by atoms with van der Waals surface area (Å²) in [6.07, 6.45) is 0. The van der Waals surface area contributed by atoms with Crippen LogP contribution in [0.4, 0.5) is 34.1 Å². The Morgan fingerprint density at radius 1 is 0.312 bits per heavy atom. The van der Waals surface area contributed by atoms with Crippen LogP contribution in [0.1, 0.15) is 11.1 Å². The van der Waals surface area contributed by atoms with Gasteiger partial charge in [-0.3, -0.25) is 0 Å². The SMILES string of the molecule is Cc1ccc(C)c(N(c2ccccc2)c2ccc3cc4c(cc3c2)-c2cc3ccc(N(c5ccccc5)c5ccccc5)cc3cc2-4)c1. The van der Waals surface area contributed by atoms with Gasteiger partial charge in [0.25, 0.3) is 0 Å². The first kappa shape index (κ1) is 28.1. The van der Waals surface area contributed by atoms with E-state index < -0.39 is 0 Å². The molecule has 0 bridgehead atoms. The Morgan fingerprint density at radius 3 is 1.21 bits per heavy atom. The average Bonchev–Trinajstić information content (AvgIpc) is 3.13. The van der Waals surface area contributed by atoms with Crippen LogP contribution < -0.4 is 9.80 Å². The Balaban J connectivity index is 1.12. The summed E-state index contributed by atoms with van der Waals surface area (Å²) in [5.41, 5.74) is 14.8. The van der Waals surface area contributed by atoms with Crippen molar-refractivity contribution in [2.24, 2.45) is 0 Å². The highest BCUT2D eigenvalue weighted by Gasteiger charge is 2.25. The summed E-state index contributed by atoms with van der Waals surface area (Å²) in [4.78, 5) is 4.71. The van der Waals surface area contributed by atoms with Gasteiger partial charge in [-0.2, -0.15) is 0 Å². The summed E-state index contributed by atoms with van der Waals surface area (Å²) < 4.78 is 0. The highest BCUT2D eigenvalue weighted by molar-refractivity contribution is 6.12. The first-order chi connectivity index (χ1) is 23.6. The van der Waals surface area contributed by atoms with Crippen molar-refractivity contribution >= 4 is 55.7 Å². The second-order valence-electron chi connectivity index (χ2n) is 12.8. The summed E-state index contributed by atoms with van der Waals surface area (Å²) in [6.45, 7) is 4.36. The number of nitrogens with zero attached hydrogens (tertiary/aromatic N) is 2. The number of fused-ring (bicyclic) bond motifs is 6. The van der Waals surface area contributed by atoms with Crippen LogP contribution in [-0.2, 0) is 0 Å². The Bertz CT molecular complexity index is 2430. The summed E-state index contributed by atoms with van der Waals surface area (Å²) in [5.74, 6) is 0. The molecule has 1 aliphatic carbocycles. The lowest BCUT2D eigenvalue weighted by Crippen LogP contribution is -2.11. The molecule has 0 spiro atoms. The molecule has 0 aliphatic heterocycles. The molecule has 0 N–H and O–H groups in total. The van der Waals surface area contributed by atoms with Crippen molar-refractivity contribution in [1.82, 2.24) is 0 Å². The van der Waals surface area contributed by atoms with E-state index in [1.807, 2.05) is 0 Å². The van der Waals surface area contributed by atoms with Crippen molar-refractivity contribution in [3.05, 3.63) is 181 Å². The van der Waals surface area contributed by atoms with Crippen molar-refractivity contribution in [2.45, 2.75) is 13.8 Å². The minimum absolute atomic E-state index is 1.14. The van der Waals surface area contributed by atoms with Gasteiger partial charge in [0.05, 0.1) is 0 Å². The van der Waals surface area contributed by atoms with Crippen LogP contribution in [0.5, 0.6) is 0 Å². The first-order valence-corrected chi connectivity index (χ1v) is 16.6. The number of para-hydroxylation sites is 3. The van der Waals surface area contributed by atoms with Crippen LogP contribution in [-0.4, -0.2) is 0 Å². The number of rotatable bonds is 6. The fourth-order valence-corrected chi connectivity index (χ4v) is 7.24. The minimum Gasteiger partial charge on any atom is -0.310 e. The number of hydrogen-bond acceptors (Lipinski definition) is 2. The number of aryl methyl sites for hydroxylation is 2. The van der Waals surface area contributed by atoms with Gasteiger partial charge in [0.1, 0.15) is 0 Å². The van der Waals surface area contributed by atoms with Crippen LogP contribution in [0.25, 0.3) is 43.8 Å². The summed E-state index contributed by atoms with van der Waals surface area (Å²) in [6, 6.07) is 61.8. The smallest absolute Gasteiger partial charge is 0.0493 e. The molecule has 48 heavy (non-hydrogen) atoms. The van der Waals surface area contributed by atoms with Gasteiger partial charge in [0.2, 0.25) is 0 Å². The van der Waals surface area contributed by atoms with Crippen LogP contribution >= 0.6 is 0 Å². The molecule has 2 heteroatoms.